The average molecular weight is 277 g/mol. The summed E-state index contributed by atoms with van der Waals surface area (Å²) in [6.07, 6.45) is 6.92. The maximum absolute atomic E-state index is 3.51. The zero-order valence-electron chi connectivity index (χ0n) is 12.5. The van der Waals surface area contributed by atoms with Crippen molar-refractivity contribution >= 4 is 11.8 Å². The van der Waals surface area contributed by atoms with E-state index in [0.717, 1.165) is 11.7 Å². The SMILES string of the molecule is CNC(CSC1CCCC1)Cc1c(C)cccc1C. The monoisotopic (exact) mass is 277 g/mol. The van der Waals surface area contributed by atoms with Gasteiger partial charge in [0.05, 0.1) is 0 Å². The number of hydrogen-bond donors (Lipinski definition) is 1. The zero-order chi connectivity index (χ0) is 13.7. The first-order valence-electron chi connectivity index (χ1n) is 7.54. The minimum atomic E-state index is 0.602. The summed E-state index contributed by atoms with van der Waals surface area (Å²) in [7, 11) is 2.10. The molecule has 0 amide bonds. The molecule has 1 aliphatic rings. The molecule has 1 nitrogen and oxygen atoms in total. The van der Waals surface area contributed by atoms with Crippen LogP contribution >= 0.6 is 11.8 Å². The second-order valence-electron chi connectivity index (χ2n) is 5.80. The lowest BCUT2D eigenvalue weighted by Gasteiger charge is -2.20. The molecule has 106 valence electrons. The first-order valence-corrected chi connectivity index (χ1v) is 8.59. The second-order valence-corrected chi connectivity index (χ2v) is 7.13. The maximum Gasteiger partial charge on any atom is 0.0195 e. The Morgan fingerprint density at radius 2 is 1.84 bits per heavy atom. The molecule has 1 fully saturated rings. The van der Waals surface area contributed by atoms with E-state index in [4.69, 9.17) is 0 Å². The number of thioether (sulfide) groups is 1. The molecule has 1 aromatic rings. The molecule has 19 heavy (non-hydrogen) atoms. The minimum Gasteiger partial charge on any atom is -0.316 e. The molecule has 1 saturated carbocycles. The van der Waals surface area contributed by atoms with Gasteiger partial charge in [-0.25, -0.2) is 0 Å². The van der Waals surface area contributed by atoms with Gasteiger partial charge in [0.25, 0.3) is 0 Å². The molecule has 2 heteroatoms. The Kier molecular flexibility index (Phi) is 5.77. The van der Waals surface area contributed by atoms with Crippen molar-refractivity contribution in [1.29, 1.82) is 0 Å². The highest BCUT2D eigenvalue weighted by molar-refractivity contribution is 7.99. The van der Waals surface area contributed by atoms with E-state index < -0.39 is 0 Å². The highest BCUT2D eigenvalue weighted by Crippen LogP contribution is 2.30. The molecule has 1 aromatic carbocycles. The Bertz CT molecular complexity index is 376. The third-order valence-electron chi connectivity index (χ3n) is 4.34. The van der Waals surface area contributed by atoms with Gasteiger partial charge in [0.2, 0.25) is 0 Å². The summed E-state index contributed by atoms with van der Waals surface area (Å²) in [6, 6.07) is 7.24. The van der Waals surface area contributed by atoms with Crippen LogP contribution in [0.25, 0.3) is 0 Å². The van der Waals surface area contributed by atoms with Crippen molar-refractivity contribution in [1.82, 2.24) is 5.32 Å². The molecule has 1 N–H and O–H groups in total. The van der Waals surface area contributed by atoms with Crippen molar-refractivity contribution in [2.45, 2.75) is 57.2 Å². The number of hydrogen-bond acceptors (Lipinski definition) is 2. The van der Waals surface area contributed by atoms with E-state index in [2.05, 4.69) is 56.2 Å². The van der Waals surface area contributed by atoms with E-state index in [1.807, 2.05) is 0 Å². The molecule has 0 spiro atoms. The maximum atomic E-state index is 3.51. The molecule has 0 aliphatic heterocycles. The van der Waals surface area contributed by atoms with Crippen molar-refractivity contribution in [3.8, 4) is 0 Å². The van der Waals surface area contributed by atoms with Gasteiger partial charge in [0.1, 0.15) is 0 Å². The molecule has 0 saturated heterocycles. The zero-order valence-corrected chi connectivity index (χ0v) is 13.4. The van der Waals surface area contributed by atoms with E-state index in [1.54, 1.807) is 0 Å². The molecule has 0 bridgehead atoms. The van der Waals surface area contributed by atoms with Gasteiger partial charge >= 0.3 is 0 Å². The van der Waals surface area contributed by atoms with Gasteiger partial charge in [-0.3, -0.25) is 0 Å². The van der Waals surface area contributed by atoms with Crippen LogP contribution in [0.15, 0.2) is 18.2 Å². The first kappa shape index (κ1) is 14.9. The van der Waals surface area contributed by atoms with Crippen LogP contribution in [-0.2, 0) is 6.42 Å². The summed E-state index contributed by atoms with van der Waals surface area (Å²) >= 11 is 2.19. The van der Waals surface area contributed by atoms with Gasteiger partial charge in [-0.15, -0.1) is 0 Å². The Labute approximate surface area is 122 Å². The summed E-state index contributed by atoms with van der Waals surface area (Å²) in [5, 5.41) is 4.43. The predicted molar refractivity (Wildman–Crippen MR) is 87.2 cm³/mol. The lowest BCUT2D eigenvalue weighted by molar-refractivity contribution is 0.612. The third-order valence-corrected chi connectivity index (χ3v) is 5.88. The van der Waals surface area contributed by atoms with Crippen LogP contribution in [0.5, 0.6) is 0 Å². The Balaban J connectivity index is 1.90. The van der Waals surface area contributed by atoms with Gasteiger partial charge in [-0.1, -0.05) is 31.0 Å². The Morgan fingerprint density at radius 3 is 2.42 bits per heavy atom. The summed E-state index contributed by atoms with van der Waals surface area (Å²) in [5.74, 6) is 1.24. The van der Waals surface area contributed by atoms with Crippen molar-refractivity contribution in [3.63, 3.8) is 0 Å². The highest BCUT2D eigenvalue weighted by Gasteiger charge is 2.18. The summed E-state index contributed by atoms with van der Waals surface area (Å²) < 4.78 is 0. The van der Waals surface area contributed by atoms with E-state index >= 15 is 0 Å². The van der Waals surface area contributed by atoms with Crippen molar-refractivity contribution in [3.05, 3.63) is 34.9 Å². The van der Waals surface area contributed by atoms with Gasteiger partial charge in [0, 0.05) is 17.0 Å². The van der Waals surface area contributed by atoms with Gasteiger partial charge < -0.3 is 5.32 Å². The molecule has 1 unspecified atom stereocenters. The number of aryl methyl sites for hydroxylation is 2. The number of benzene rings is 1. The highest BCUT2D eigenvalue weighted by atomic mass is 32.2. The van der Waals surface area contributed by atoms with Crippen molar-refractivity contribution < 1.29 is 0 Å². The van der Waals surface area contributed by atoms with E-state index in [0.29, 0.717) is 6.04 Å². The minimum absolute atomic E-state index is 0.602. The fraction of sp³-hybridized carbons (Fsp3) is 0.647. The molecule has 0 aromatic heterocycles. The van der Waals surface area contributed by atoms with Crippen LogP contribution in [-0.4, -0.2) is 24.1 Å². The lowest BCUT2D eigenvalue weighted by Crippen LogP contribution is -2.31. The molecule has 0 radical (unpaired) electrons. The molecule has 1 aliphatic carbocycles. The average Bonchev–Trinajstić information content (AvgIpc) is 2.91. The van der Waals surface area contributed by atoms with Gasteiger partial charge in [-0.05, 0) is 56.8 Å². The van der Waals surface area contributed by atoms with Crippen molar-refractivity contribution in [2.24, 2.45) is 0 Å². The van der Waals surface area contributed by atoms with Crippen LogP contribution < -0.4 is 5.32 Å². The third kappa shape index (κ3) is 4.25. The fourth-order valence-corrected chi connectivity index (χ4v) is 4.42. The normalized spacial score (nSPS) is 17.8. The number of likely N-dealkylation sites (N-methyl/N-ethyl adjacent to an activating group) is 1. The predicted octanol–water partition coefficient (Wildman–Crippen LogP) is 4.11. The van der Waals surface area contributed by atoms with E-state index in [-0.39, 0.29) is 0 Å². The summed E-state index contributed by atoms with van der Waals surface area (Å²) in [5.41, 5.74) is 4.41. The molecule has 1 atom stereocenters. The number of nitrogens with one attached hydrogen (secondary N) is 1. The van der Waals surface area contributed by atoms with Gasteiger partial charge in [-0.2, -0.15) is 11.8 Å². The largest absolute Gasteiger partial charge is 0.316 e. The van der Waals surface area contributed by atoms with Crippen LogP contribution in [0, 0.1) is 13.8 Å². The Hall–Kier alpha value is -0.470. The van der Waals surface area contributed by atoms with Crippen LogP contribution in [0.4, 0.5) is 0 Å². The number of rotatable bonds is 6. The lowest BCUT2D eigenvalue weighted by atomic mass is 9.97. The molecular formula is C17H27NS. The standard InChI is InChI=1S/C17H27NS/c1-13-7-6-8-14(2)17(13)11-15(18-3)12-19-16-9-4-5-10-16/h6-8,15-16,18H,4-5,9-12H2,1-3H3. The van der Waals surface area contributed by atoms with Crippen LogP contribution in [0.3, 0.4) is 0 Å². The molecule has 0 heterocycles. The fourth-order valence-electron chi connectivity index (χ4n) is 2.97. The smallest absolute Gasteiger partial charge is 0.0195 e. The quantitative estimate of drug-likeness (QED) is 0.840. The molecular weight excluding hydrogens is 250 g/mol. The van der Waals surface area contributed by atoms with Gasteiger partial charge in [0.15, 0.2) is 0 Å². The Morgan fingerprint density at radius 1 is 1.21 bits per heavy atom. The van der Waals surface area contributed by atoms with Crippen molar-refractivity contribution in [2.75, 3.05) is 12.8 Å². The topological polar surface area (TPSA) is 12.0 Å². The summed E-state index contributed by atoms with van der Waals surface area (Å²) in [6.45, 7) is 4.47. The van der Waals surface area contributed by atoms with E-state index in [1.165, 1.54) is 48.1 Å². The van der Waals surface area contributed by atoms with Crippen LogP contribution in [0.1, 0.15) is 42.4 Å². The summed E-state index contributed by atoms with van der Waals surface area (Å²) in [4.78, 5) is 0. The second kappa shape index (κ2) is 7.35. The van der Waals surface area contributed by atoms with E-state index in [9.17, 15) is 0 Å². The van der Waals surface area contributed by atoms with Crippen LogP contribution in [0.2, 0.25) is 0 Å². The molecule has 2 rings (SSSR count). The first-order chi connectivity index (χ1) is 9.20.